The van der Waals surface area contributed by atoms with Gasteiger partial charge in [-0.3, -0.25) is 0 Å². The van der Waals surface area contributed by atoms with E-state index in [2.05, 4.69) is 12.2 Å². The predicted molar refractivity (Wildman–Crippen MR) is 78.5 cm³/mol. The van der Waals surface area contributed by atoms with E-state index < -0.39 is 0 Å². The van der Waals surface area contributed by atoms with Crippen LogP contribution in [0.25, 0.3) is 0 Å². The molecule has 1 N–H and O–H groups in total. The molecule has 0 radical (unpaired) electrons. The Bertz CT molecular complexity index is 231. The SMILES string of the molecule is CCCNCC1(OCC2CCOC2)CCCCCC1. The minimum atomic E-state index is 0.105. The summed E-state index contributed by atoms with van der Waals surface area (Å²) in [5, 5.41) is 3.59. The lowest BCUT2D eigenvalue weighted by Crippen LogP contribution is -2.44. The highest BCUT2D eigenvalue weighted by Crippen LogP contribution is 2.31. The second-order valence-corrected chi connectivity index (χ2v) is 6.31. The van der Waals surface area contributed by atoms with Crippen LogP contribution in [0.4, 0.5) is 0 Å². The van der Waals surface area contributed by atoms with Crippen LogP contribution in [0.2, 0.25) is 0 Å². The smallest absolute Gasteiger partial charge is 0.0806 e. The summed E-state index contributed by atoms with van der Waals surface area (Å²) in [6.45, 7) is 7.09. The molecular weight excluding hydrogens is 238 g/mol. The summed E-state index contributed by atoms with van der Waals surface area (Å²) >= 11 is 0. The van der Waals surface area contributed by atoms with Crippen LogP contribution in [-0.4, -0.2) is 38.5 Å². The van der Waals surface area contributed by atoms with Crippen LogP contribution in [0.5, 0.6) is 0 Å². The molecule has 1 saturated heterocycles. The summed E-state index contributed by atoms with van der Waals surface area (Å²) in [7, 11) is 0. The van der Waals surface area contributed by atoms with Gasteiger partial charge in [-0.1, -0.05) is 32.6 Å². The first-order valence-corrected chi connectivity index (χ1v) is 8.27. The predicted octanol–water partition coefficient (Wildman–Crippen LogP) is 3.13. The number of rotatable bonds is 7. The van der Waals surface area contributed by atoms with Gasteiger partial charge < -0.3 is 14.8 Å². The maximum atomic E-state index is 6.44. The summed E-state index contributed by atoms with van der Waals surface area (Å²) in [4.78, 5) is 0. The van der Waals surface area contributed by atoms with Crippen molar-refractivity contribution in [3.05, 3.63) is 0 Å². The average molecular weight is 269 g/mol. The molecule has 1 saturated carbocycles. The normalized spacial score (nSPS) is 27.3. The standard InChI is InChI=1S/C16H31NO2/c1-2-10-17-14-16(8-5-3-4-6-9-16)19-13-15-7-11-18-12-15/h15,17H,2-14H2,1H3. The van der Waals surface area contributed by atoms with Crippen molar-refractivity contribution in [3.8, 4) is 0 Å². The molecule has 2 rings (SSSR count). The molecule has 0 amide bonds. The molecule has 1 aliphatic heterocycles. The van der Waals surface area contributed by atoms with E-state index in [1.807, 2.05) is 0 Å². The van der Waals surface area contributed by atoms with Crippen molar-refractivity contribution in [3.63, 3.8) is 0 Å². The zero-order chi connectivity index (χ0) is 13.4. The fraction of sp³-hybridized carbons (Fsp3) is 1.00. The molecule has 1 heterocycles. The second kappa shape index (κ2) is 8.23. The van der Waals surface area contributed by atoms with Crippen LogP contribution < -0.4 is 5.32 Å². The molecule has 1 aliphatic carbocycles. The van der Waals surface area contributed by atoms with Gasteiger partial charge in [0.2, 0.25) is 0 Å². The van der Waals surface area contributed by atoms with E-state index in [1.54, 1.807) is 0 Å². The first-order valence-electron chi connectivity index (χ1n) is 8.27. The van der Waals surface area contributed by atoms with Crippen molar-refractivity contribution in [1.82, 2.24) is 5.32 Å². The summed E-state index contributed by atoms with van der Waals surface area (Å²) in [6.07, 6.45) is 10.3. The summed E-state index contributed by atoms with van der Waals surface area (Å²) < 4.78 is 11.9. The molecule has 2 aliphatic rings. The largest absolute Gasteiger partial charge is 0.381 e. The van der Waals surface area contributed by atoms with Crippen molar-refractivity contribution in [2.24, 2.45) is 5.92 Å². The Morgan fingerprint density at radius 2 is 2.00 bits per heavy atom. The van der Waals surface area contributed by atoms with E-state index in [9.17, 15) is 0 Å². The minimum absolute atomic E-state index is 0.105. The molecule has 0 spiro atoms. The molecule has 0 aromatic carbocycles. The monoisotopic (exact) mass is 269 g/mol. The maximum absolute atomic E-state index is 6.44. The van der Waals surface area contributed by atoms with E-state index in [4.69, 9.17) is 9.47 Å². The second-order valence-electron chi connectivity index (χ2n) is 6.31. The zero-order valence-corrected chi connectivity index (χ0v) is 12.6. The van der Waals surface area contributed by atoms with E-state index in [1.165, 1.54) is 51.4 Å². The molecule has 1 unspecified atom stereocenters. The van der Waals surface area contributed by atoms with Gasteiger partial charge in [-0.25, -0.2) is 0 Å². The van der Waals surface area contributed by atoms with Crippen molar-refractivity contribution in [2.45, 2.75) is 63.9 Å². The lowest BCUT2D eigenvalue weighted by Gasteiger charge is -2.34. The lowest BCUT2D eigenvalue weighted by atomic mass is 9.93. The Morgan fingerprint density at radius 3 is 2.63 bits per heavy atom. The molecule has 3 heteroatoms. The van der Waals surface area contributed by atoms with Crippen LogP contribution >= 0.6 is 0 Å². The lowest BCUT2D eigenvalue weighted by molar-refractivity contribution is -0.0695. The van der Waals surface area contributed by atoms with Crippen LogP contribution in [-0.2, 0) is 9.47 Å². The van der Waals surface area contributed by atoms with E-state index >= 15 is 0 Å². The zero-order valence-electron chi connectivity index (χ0n) is 12.6. The van der Waals surface area contributed by atoms with Crippen molar-refractivity contribution in [1.29, 1.82) is 0 Å². The molecule has 112 valence electrons. The Labute approximate surface area is 118 Å². The quantitative estimate of drug-likeness (QED) is 0.569. The molecule has 19 heavy (non-hydrogen) atoms. The van der Waals surface area contributed by atoms with Gasteiger partial charge in [0.05, 0.1) is 18.8 Å². The fourth-order valence-corrected chi connectivity index (χ4v) is 3.25. The van der Waals surface area contributed by atoms with Gasteiger partial charge in [0.25, 0.3) is 0 Å². The molecule has 0 aromatic rings. The molecular formula is C16H31NO2. The van der Waals surface area contributed by atoms with Crippen LogP contribution in [0.1, 0.15) is 58.3 Å². The van der Waals surface area contributed by atoms with Crippen molar-refractivity contribution >= 4 is 0 Å². The maximum Gasteiger partial charge on any atom is 0.0806 e. The van der Waals surface area contributed by atoms with Gasteiger partial charge >= 0.3 is 0 Å². The number of ether oxygens (including phenoxy) is 2. The van der Waals surface area contributed by atoms with Gasteiger partial charge in [-0.2, -0.15) is 0 Å². The van der Waals surface area contributed by atoms with E-state index in [0.717, 1.165) is 32.9 Å². The van der Waals surface area contributed by atoms with Gasteiger partial charge in [-0.05, 0) is 32.2 Å². The van der Waals surface area contributed by atoms with Gasteiger partial charge in [-0.15, -0.1) is 0 Å². The van der Waals surface area contributed by atoms with Crippen molar-refractivity contribution in [2.75, 3.05) is 32.9 Å². The van der Waals surface area contributed by atoms with Crippen LogP contribution in [0.3, 0.4) is 0 Å². The molecule has 0 aromatic heterocycles. The van der Waals surface area contributed by atoms with Crippen LogP contribution in [0.15, 0.2) is 0 Å². The Morgan fingerprint density at radius 1 is 1.21 bits per heavy atom. The highest BCUT2D eigenvalue weighted by Gasteiger charge is 2.32. The Balaban J connectivity index is 1.83. The number of hydrogen-bond acceptors (Lipinski definition) is 3. The van der Waals surface area contributed by atoms with E-state index in [0.29, 0.717) is 5.92 Å². The van der Waals surface area contributed by atoms with Gasteiger partial charge in [0.1, 0.15) is 0 Å². The highest BCUT2D eigenvalue weighted by atomic mass is 16.5. The average Bonchev–Trinajstić information content (AvgIpc) is 2.84. The summed E-state index contributed by atoms with van der Waals surface area (Å²) in [5.74, 6) is 0.631. The Kier molecular flexibility index (Phi) is 6.62. The highest BCUT2D eigenvalue weighted by molar-refractivity contribution is 4.86. The third-order valence-electron chi connectivity index (χ3n) is 4.54. The molecule has 3 nitrogen and oxygen atoms in total. The Hall–Kier alpha value is -0.120. The number of hydrogen-bond donors (Lipinski definition) is 1. The third-order valence-corrected chi connectivity index (χ3v) is 4.54. The fourth-order valence-electron chi connectivity index (χ4n) is 3.25. The van der Waals surface area contributed by atoms with E-state index in [-0.39, 0.29) is 5.60 Å². The molecule has 1 atom stereocenters. The topological polar surface area (TPSA) is 30.5 Å². The van der Waals surface area contributed by atoms with Gasteiger partial charge in [0.15, 0.2) is 0 Å². The van der Waals surface area contributed by atoms with Crippen LogP contribution in [0, 0.1) is 5.92 Å². The summed E-state index contributed by atoms with van der Waals surface area (Å²) in [5.41, 5.74) is 0.105. The van der Waals surface area contributed by atoms with Crippen molar-refractivity contribution < 1.29 is 9.47 Å². The summed E-state index contributed by atoms with van der Waals surface area (Å²) in [6, 6.07) is 0. The number of nitrogens with one attached hydrogen (secondary N) is 1. The first-order chi connectivity index (χ1) is 9.35. The molecule has 2 fully saturated rings. The van der Waals surface area contributed by atoms with Gasteiger partial charge in [0, 0.05) is 19.1 Å². The minimum Gasteiger partial charge on any atom is -0.381 e. The third kappa shape index (κ3) is 5.05. The molecule has 0 bridgehead atoms. The first kappa shape index (κ1) is 15.3.